The largest absolute Gasteiger partial charge is 0.506 e. The SMILES string of the molecule is CCCCNC(=O)C(CSc1nc2ccc(C)cc2s1)OC(=O)O. The lowest BCUT2D eigenvalue weighted by molar-refractivity contribution is -0.129. The summed E-state index contributed by atoms with van der Waals surface area (Å²) in [6.45, 7) is 4.55. The number of nitrogens with one attached hydrogen (secondary N) is 1. The molecule has 2 aromatic rings. The third kappa shape index (κ3) is 5.38. The summed E-state index contributed by atoms with van der Waals surface area (Å²) in [6, 6.07) is 6.00. The fraction of sp³-hybridized carbons (Fsp3) is 0.438. The lowest BCUT2D eigenvalue weighted by Gasteiger charge is -2.14. The summed E-state index contributed by atoms with van der Waals surface area (Å²) in [5, 5.41) is 11.5. The van der Waals surface area contributed by atoms with Crippen LogP contribution in [0, 0.1) is 6.92 Å². The molecule has 1 atom stereocenters. The lowest BCUT2D eigenvalue weighted by atomic mass is 10.2. The maximum absolute atomic E-state index is 12.1. The number of carbonyl (C=O) groups excluding carboxylic acids is 1. The highest BCUT2D eigenvalue weighted by Gasteiger charge is 2.23. The second kappa shape index (κ2) is 8.89. The second-order valence-corrected chi connectivity index (χ2v) is 7.58. The van der Waals surface area contributed by atoms with E-state index in [0.717, 1.165) is 33.0 Å². The normalized spacial score (nSPS) is 12.1. The molecule has 24 heavy (non-hydrogen) atoms. The van der Waals surface area contributed by atoms with Crippen molar-refractivity contribution in [2.45, 2.75) is 37.1 Å². The van der Waals surface area contributed by atoms with Crippen LogP contribution in [0.25, 0.3) is 10.2 Å². The Morgan fingerprint density at radius 1 is 1.46 bits per heavy atom. The molecule has 130 valence electrons. The molecule has 0 aliphatic carbocycles. The minimum Gasteiger partial charge on any atom is -0.450 e. The number of rotatable bonds is 8. The molecule has 1 aromatic heterocycles. The van der Waals surface area contributed by atoms with Crippen LogP contribution in [0.2, 0.25) is 0 Å². The topological polar surface area (TPSA) is 88.5 Å². The van der Waals surface area contributed by atoms with Crippen LogP contribution in [0.1, 0.15) is 25.3 Å². The Balaban J connectivity index is 1.99. The van der Waals surface area contributed by atoms with Gasteiger partial charge in [0.05, 0.1) is 10.2 Å². The quantitative estimate of drug-likeness (QED) is 0.420. The molecule has 0 radical (unpaired) electrons. The highest BCUT2D eigenvalue weighted by molar-refractivity contribution is 8.01. The number of benzene rings is 1. The minimum absolute atomic E-state index is 0.197. The number of amides is 1. The van der Waals surface area contributed by atoms with Crippen molar-refractivity contribution in [2.75, 3.05) is 12.3 Å². The zero-order chi connectivity index (χ0) is 17.5. The zero-order valence-corrected chi connectivity index (χ0v) is 15.2. The smallest absolute Gasteiger partial charge is 0.450 e. The second-order valence-electron chi connectivity index (χ2n) is 5.28. The van der Waals surface area contributed by atoms with E-state index < -0.39 is 18.2 Å². The number of aryl methyl sites for hydroxylation is 1. The highest BCUT2D eigenvalue weighted by atomic mass is 32.2. The van der Waals surface area contributed by atoms with Gasteiger partial charge < -0.3 is 15.2 Å². The van der Waals surface area contributed by atoms with Gasteiger partial charge in [0.25, 0.3) is 5.91 Å². The van der Waals surface area contributed by atoms with Gasteiger partial charge in [0, 0.05) is 12.3 Å². The maximum Gasteiger partial charge on any atom is 0.506 e. The van der Waals surface area contributed by atoms with Gasteiger partial charge >= 0.3 is 6.16 Å². The van der Waals surface area contributed by atoms with Crippen molar-refractivity contribution in [2.24, 2.45) is 0 Å². The molecule has 0 fully saturated rings. The number of ether oxygens (including phenoxy) is 1. The molecule has 1 amide bonds. The molecule has 1 aromatic carbocycles. The minimum atomic E-state index is -1.45. The van der Waals surface area contributed by atoms with Crippen molar-refractivity contribution in [3.8, 4) is 0 Å². The Morgan fingerprint density at radius 2 is 2.25 bits per heavy atom. The summed E-state index contributed by atoms with van der Waals surface area (Å²) in [4.78, 5) is 27.4. The summed E-state index contributed by atoms with van der Waals surface area (Å²) < 4.78 is 6.58. The molecule has 1 heterocycles. The molecule has 0 aliphatic heterocycles. The van der Waals surface area contributed by atoms with Gasteiger partial charge in [-0.2, -0.15) is 0 Å². The van der Waals surface area contributed by atoms with Gasteiger partial charge in [-0.25, -0.2) is 9.78 Å². The average molecular weight is 368 g/mol. The fourth-order valence-corrected chi connectivity index (χ4v) is 4.19. The van der Waals surface area contributed by atoms with E-state index in [0.29, 0.717) is 6.54 Å². The number of carbonyl (C=O) groups is 2. The lowest BCUT2D eigenvalue weighted by Crippen LogP contribution is -2.39. The molecule has 0 saturated heterocycles. The Labute approximate surface area is 148 Å². The number of thioether (sulfide) groups is 1. The molecular formula is C16H20N2O4S2. The molecule has 0 saturated carbocycles. The first-order valence-electron chi connectivity index (χ1n) is 7.67. The van der Waals surface area contributed by atoms with Crippen LogP contribution in [-0.4, -0.2) is 40.6 Å². The number of unbranched alkanes of at least 4 members (excludes halogenated alkanes) is 1. The van der Waals surface area contributed by atoms with E-state index in [1.807, 2.05) is 26.0 Å². The number of hydrogen-bond acceptors (Lipinski definition) is 6. The van der Waals surface area contributed by atoms with Gasteiger partial charge in [-0.3, -0.25) is 4.79 Å². The van der Waals surface area contributed by atoms with Crippen molar-refractivity contribution in [3.63, 3.8) is 0 Å². The van der Waals surface area contributed by atoms with Crippen molar-refractivity contribution in [3.05, 3.63) is 23.8 Å². The standard InChI is InChI=1S/C16H20N2O4S2/c1-3-4-7-17-14(19)12(22-16(20)21)9-23-15-18-11-6-5-10(2)8-13(11)24-15/h5-6,8,12H,3-4,7,9H2,1-2H3,(H,17,19)(H,20,21). The number of nitrogens with zero attached hydrogens (tertiary/aromatic N) is 1. The first-order valence-corrected chi connectivity index (χ1v) is 9.47. The van der Waals surface area contributed by atoms with Gasteiger partial charge in [-0.15, -0.1) is 11.3 Å². The van der Waals surface area contributed by atoms with Gasteiger partial charge in [0.2, 0.25) is 0 Å². The number of fused-ring (bicyclic) bond motifs is 1. The number of aromatic nitrogens is 1. The predicted octanol–water partition coefficient (Wildman–Crippen LogP) is 3.68. The summed E-state index contributed by atoms with van der Waals surface area (Å²) in [6.07, 6.45) is -0.704. The van der Waals surface area contributed by atoms with E-state index in [4.69, 9.17) is 9.84 Å². The monoisotopic (exact) mass is 368 g/mol. The van der Waals surface area contributed by atoms with Gasteiger partial charge in [-0.05, 0) is 31.0 Å². The van der Waals surface area contributed by atoms with Crippen molar-refractivity contribution in [1.29, 1.82) is 0 Å². The number of carboxylic acid groups (broad SMARTS) is 1. The number of thiazole rings is 1. The first-order chi connectivity index (χ1) is 11.5. The summed E-state index contributed by atoms with van der Waals surface area (Å²) in [5.74, 6) is -0.210. The predicted molar refractivity (Wildman–Crippen MR) is 95.9 cm³/mol. The van der Waals surface area contributed by atoms with Crippen LogP contribution < -0.4 is 5.32 Å². The summed E-state index contributed by atoms with van der Waals surface area (Å²) in [7, 11) is 0. The van der Waals surface area contributed by atoms with E-state index in [1.165, 1.54) is 23.1 Å². The average Bonchev–Trinajstić information content (AvgIpc) is 2.93. The molecule has 6 nitrogen and oxygen atoms in total. The molecule has 2 rings (SSSR count). The molecule has 1 unspecified atom stereocenters. The van der Waals surface area contributed by atoms with E-state index >= 15 is 0 Å². The molecule has 8 heteroatoms. The van der Waals surface area contributed by atoms with E-state index in [1.54, 1.807) is 0 Å². The molecule has 2 N–H and O–H groups in total. The van der Waals surface area contributed by atoms with Crippen LogP contribution >= 0.6 is 23.1 Å². The Morgan fingerprint density at radius 3 is 2.96 bits per heavy atom. The van der Waals surface area contributed by atoms with Crippen LogP contribution in [0.3, 0.4) is 0 Å². The fourth-order valence-electron chi connectivity index (χ4n) is 2.01. The van der Waals surface area contributed by atoms with Crippen molar-refractivity contribution in [1.82, 2.24) is 10.3 Å². The van der Waals surface area contributed by atoms with Crippen molar-refractivity contribution < 1.29 is 19.4 Å². The van der Waals surface area contributed by atoms with E-state index in [2.05, 4.69) is 16.4 Å². The van der Waals surface area contributed by atoms with E-state index in [9.17, 15) is 9.59 Å². The van der Waals surface area contributed by atoms with Gasteiger partial charge in [0.1, 0.15) is 0 Å². The number of hydrogen-bond donors (Lipinski definition) is 2. The molecule has 0 aliphatic rings. The van der Waals surface area contributed by atoms with Crippen LogP contribution in [-0.2, 0) is 9.53 Å². The Hall–Kier alpha value is -1.80. The summed E-state index contributed by atoms with van der Waals surface area (Å²) in [5.41, 5.74) is 2.06. The maximum atomic E-state index is 12.1. The molecule has 0 spiro atoms. The molecular weight excluding hydrogens is 348 g/mol. The third-order valence-corrected chi connectivity index (χ3v) is 5.47. The van der Waals surface area contributed by atoms with Gasteiger partial charge in [0.15, 0.2) is 10.4 Å². The summed E-state index contributed by atoms with van der Waals surface area (Å²) >= 11 is 2.85. The third-order valence-electron chi connectivity index (χ3n) is 3.25. The first kappa shape index (κ1) is 18.5. The Bertz CT molecular complexity index is 717. The Kier molecular flexibility index (Phi) is 6.86. The zero-order valence-electron chi connectivity index (χ0n) is 13.6. The van der Waals surface area contributed by atoms with Crippen molar-refractivity contribution >= 4 is 45.4 Å². The van der Waals surface area contributed by atoms with E-state index in [-0.39, 0.29) is 5.75 Å². The van der Waals surface area contributed by atoms with Gasteiger partial charge in [-0.1, -0.05) is 31.2 Å². The van der Waals surface area contributed by atoms with Crippen LogP contribution in [0.15, 0.2) is 22.5 Å². The van der Waals surface area contributed by atoms with Crippen LogP contribution in [0.5, 0.6) is 0 Å². The highest BCUT2D eigenvalue weighted by Crippen LogP contribution is 2.30. The van der Waals surface area contributed by atoms with Crippen LogP contribution in [0.4, 0.5) is 4.79 Å². The molecule has 0 bridgehead atoms.